The Morgan fingerprint density at radius 2 is 2.06 bits per heavy atom. The van der Waals surface area contributed by atoms with Crippen LogP contribution in [-0.2, 0) is 9.53 Å². The van der Waals surface area contributed by atoms with E-state index in [1.54, 1.807) is 6.92 Å². The molecule has 0 aromatic carbocycles. The molecule has 0 aromatic heterocycles. The van der Waals surface area contributed by atoms with E-state index >= 15 is 0 Å². The van der Waals surface area contributed by atoms with E-state index in [1.165, 1.54) is 19.3 Å². The molecule has 0 fully saturated rings. The van der Waals surface area contributed by atoms with Crippen LogP contribution in [-0.4, -0.2) is 25.2 Å². The van der Waals surface area contributed by atoms with Gasteiger partial charge >= 0.3 is 0 Å². The fourth-order valence-electron chi connectivity index (χ4n) is 1.44. The third kappa shape index (κ3) is 10.1. The first-order chi connectivity index (χ1) is 8.07. The molecule has 17 heavy (non-hydrogen) atoms. The van der Waals surface area contributed by atoms with E-state index in [9.17, 15) is 4.79 Å². The second kappa shape index (κ2) is 10.3. The highest BCUT2D eigenvalue weighted by molar-refractivity contribution is 5.91. The Labute approximate surface area is 106 Å². The minimum absolute atomic E-state index is 0.0693. The first-order valence-electron chi connectivity index (χ1n) is 6.63. The lowest BCUT2D eigenvalue weighted by Crippen LogP contribution is -2.27. The second-order valence-corrected chi connectivity index (χ2v) is 4.57. The molecular weight excluding hydrogens is 214 g/mol. The van der Waals surface area contributed by atoms with E-state index in [0.29, 0.717) is 12.1 Å². The van der Waals surface area contributed by atoms with Crippen molar-refractivity contribution < 1.29 is 9.53 Å². The van der Waals surface area contributed by atoms with Crippen molar-refractivity contribution in [3.05, 3.63) is 12.2 Å². The van der Waals surface area contributed by atoms with Gasteiger partial charge < -0.3 is 10.1 Å². The first-order valence-corrected chi connectivity index (χ1v) is 6.63. The standard InChI is InChI=1S/C14H27NO2/c1-5-6-7-8-11-17-13(4)9-10-15-14(16)12(2)3/h13H,2,5-11H2,1,3-4H3,(H,15,16). The summed E-state index contributed by atoms with van der Waals surface area (Å²) in [6.45, 7) is 11.0. The van der Waals surface area contributed by atoms with Crippen molar-refractivity contribution in [3.8, 4) is 0 Å². The lowest BCUT2D eigenvalue weighted by molar-refractivity contribution is -0.117. The minimum atomic E-state index is -0.0693. The maximum atomic E-state index is 11.2. The fourth-order valence-corrected chi connectivity index (χ4v) is 1.44. The van der Waals surface area contributed by atoms with Crippen molar-refractivity contribution in [2.45, 2.75) is 59.0 Å². The number of nitrogens with one attached hydrogen (secondary N) is 1. The second-order valence-electron chi connectivity index (χ2n) is 4.57. The largest absolute Gasteiger partial charge is 0.378 e. The molecule has 0 aliphatic rings. The summed E-state index contributed by atoms with van der Waals surface area (Å²) < 4.78 is 5.66. The molecular formula is C14H27NO2. The summed E-state index contributed by atoms with van der Waals surface area (Å²) in [5.74, 6) is -0.0693. The Balaban J connectivity index is 3.37. The average molecular weight is 241 g/mol. The highest BCUT2D eigenvalue weighted by Gasteiger charge is 2.04. The number of unbranched alkanes of at least 4 members (excludes halogenated alkanes) is 3. The summed E-state index contributed by atoms with van der Waals surface area (Å²) in [5.41, 5.74) is 0.554. The predicted octanol–water partition coefficient (Wildman–Crippen LogP) is 3.05. The summed E-state index contributed by atoms with van der Waals surface area (Å²) in [6.07, 6.45) is 5.98. The van der Waals surface area contributed by atoms with E-state index in [-0.39, 0.29) is 12.0 Å². The van der Waals surface area contributed by atoms with Crippen LogP contribution in [0.25, 0.3) is 0 Å². The molecule has 3 heteroatoms. The molecule has 0 heterocycles. The van der Waals surface area contributed by atoms with Gasteiger partial charge in [0.15, 0.2) is 0 Å². The van der Waals surface area contributed by atoms with Crippen molar-refractivity contribution in [3.63, 3.8) is 0 Å². The molecule has 3 nitrogen and oxygen atoms in total. The summed E-state index contributed by atoms with van der Waals surface area (Å²) in [5, 5.41) is 2.81. The Hall–Kier alpha value is -0.830. The van der Waals surface area contributed by atoms with Gasteiger partial charge in [0.1, 0.15) is 0 Å². The summed E-state index contributed by atoms with van der Waals surface area (Å²) in [4.78, 5) is 11.2. The molecule has 0 radical (unpaired) electrons. The molecule has 0 aromatic rings. The minimum Gasteiger partial charge on any atom is -0.378 e. The summed E-state index contributed by atoms with van der Waals surface area (Å²) in [7, 11) is 0. The molecule has 1 N–H and O–H groups in total. The quantitative estimate of drug-likeness (QED) is 0.471. The van der Waals surface area contributed by atoms with Gasteiger partial charge in [0.05, 0.1) is 6.10 Å². The molecule has 0 bridgehead atoms. The molecule has 1 amide bonds. The maximum absolute atomic E-state index is 11.2. The average Bonchev–Trinajstić information content (AvgIpc) is 2.28. The van der Waals surface area contributed by atoms with E-state index in [4.69, 9.17) is 4.74 Å². The number of hydrogen-bond donors (Lipinski definition) is 1. The summed E-state index contributed by atoms with van der Waals surface area (Å²) in [6, 6.07) is 0. The highest BCUT2D eigenvalue weighted by atomic mass is 16.5. The van der Waals surface area contributed by atoms with Crippen LogP contribution in [0.1, 0.15) is 52.9 Å². The van der Waals surface area contributed by atoms with Gasteiger partial charge in [0, 0.05) is 18.7 Å². The van der Waals surface area contributed by atoms with E-state index in [2.05, 4.69) is 18.8 Å². The zero-order valence-electron chi connectivity index (χ0n) is 11.6. The normalized spacial score (nSPS) is 12.2. The van der Waals surface area contributed by atoms with Crippen molar-refractivity contribution in [1.82, 2.24) is 5.32 Å². The molecule has 100 valence electrons. The van der Waals surface area contributed by atoms with Gasteiger partial charge in [-0.25, -0.2) is 0 Å². The SMILES string of the molecule is C=C(C)C(=O)NCCC(C)OCCCCCC. The molecule has 1 atom stereocenters. The Morgan fingerprint density at radius 1 is 1.35 bits per heavy atom. The Kier molecular flexibility index (Phi) is 9.83. The van der Waals surface area contributed by atoms with Gasteiger partial charge in [-0.05, 0) is 26.7 Å². The van der Waals surface area contributed by atoms with E-state index in [1.807, 2.05) is 6.92 Å². The van der Waals surface area contributed by atoms with Crippen molar-refractivity contribution in [1.29, 1.82) is 0 Å². The van der Waals surface area contributed by atoms with Crippen LogP contribution in [0.4, 0.5) is 0 Å². The smallest absolute Gasteiger partial charge is 0.246 e. The van der Waals surface area contributed by atoms with Crippen molar-refractivity contribution in [2.75, 3.05) is 13.2 Å². The number of carbonyl (C=O) groups excluding carboxylic acids is 1. The van der Waals surface area contributed by atoms with Gasteiger partial charge in [-0.3, -0.25) is 4.79 Å². The predicted molar refractivity (Wildman–Crippen MR) is 72.0 cm³/mol. The number of rotatable bonds is 10. The zero-order valence-corrected chi connectivity index (χ0v) is 11.6. The number of amides is 1. The Morgan fingerprint density at radius 3 is 2.65 bits per heavy atom. The third-order valence-electron chi connectivity index (χ3n) is 2.62. The van der Waals surface area contributed by atoms with Crippen LogP contribution in [0.15, 0.2) is 12.2 Å². The van der Waals surface area contributed by atoms with Crippen LogP contribution >= 0.6 is 0 Å². The van der Waals surface area contributed by atoms with Gasteiger partial charge in [-0.2, -0.15) is 0 Å². The lowest BCUT2D eigenvalue weighted by Gasteiger charge is -2.13. The first kappa shape index (κ1) is 16.2. The topological polar surface area (TPSA) is 38.3 Å². The lowest BCUT2D eigenvalue weighted by atomic mass is 10.2. The molecule has 0 spiro atoms. The van der Waals surface area contributed by atoms with Crippen LogP contribution < -0.4 is 5.32 Å². The third-order valence-corrected chi connectivity index (χ3v) is 2.62. The van der Waals surface area contributed by atoms with Crippen LogP contribution in [0, 0.1) is 0 Å². The van der Waals surface area contributed by atoms with Gasteiger partial charge in [0.25, 0.3) is 0 Å². The fraction of sp³-hybridized carbons (Fsp3) is 0.786. The Bertz CT molecular complexity index is 226. The molecule has 1 unspecified atom stereocenters. The molecule has 0 saturated carbocycles. The van der Waals surface area contributed by atoms with Crippen molar-refractivity contribution in [2.24, 2.45) is 0 Å². The van der Waals surface area contributed by atoms with Crippen molar-refractivity contribution >= 4 is 5.91 Å². The number of hydrogen-bond acceptors (Lipinski definition) is 2. The van der Waals surface area contributed by atoms with E-state index < -0.39 is 0 Å². The van der Waals surface area contributed by atoms with Gasteiger partial charge in [0.2, 0.25) is 5.91 Å². The van der Waals surface area contributed by atoms with E-state index in [0.717, 1.165) is 19.4 Å². The zero-order chi connectivity index (χ0) is 13.1. The van der Waals surface area contributed by atoms with Crippen LogP contribution in [0.5, 0.6) is 0 Å². The van der Waals surface area contributed by atoms with Crippen LogP contribution in [0.3, 0.4) is 0 Å². The molecule has 0 saturated heterocycles. The highest BCUT2D eigenvalue weighted by Crippen LogP contribution is 2.02. The molecule has 0 rings (SSSR count). The summed E-state index contributed by atoms with van der Waals surface area (Å²) >= 11 is 0. The van der Waals surface area contributed by atoms with Crippen LogP contribution in [0.2, 0.25) is 0 Å². The number of ether oxygens (including phenoxy) is 1. The molecule has 0 aliphatic carbocycles. The monoisotopic (exact) mass is 241 g/mol. The maximum Gasteiger partial charge on any atom is 0.246 e. The molecule has 0 aliphatic heterocycles. The number of carbonyl (C=O) groups is 1. The van der Waals surface area contributed by atoms with Gasteiger partial charge in [-0.15, -0.1) is 0 Å². The van der Waals surface area contributed by atoms with Gasteiger partial charge in [-0.1, -0.05) is 32.8 Å².